The van der Waals surface area contributed by atoms with Gasteiger partial charge in [-0.05, 0) is 42.8 Å². The molecule has 44 heavy (non-hydrogen) atoms. The molecule has 1 aliphatic heterocycles. The number of rotatable bonds is 8. The van der Waals surface area contributed by atoms with Gasteiger partial charge in [-0.25, -0.2) is 18.2 Å². The molecular weight excluding hydrogens is 597 g/mol. The van der Waals surface area contributed by atoms with Crippen molar-refractivity contribution in [3.63, 3.8) is 0 Å². The van der Waals surface area contributed by atoms with E-state index in [-0.39, 0.29) is 58.4 Å². The number of benzene rings is 2. The number of nitriles is 2. The van der Waals surface area contributed by atoms with Crippen molar-refractivity contribution in [3.05, 3.63) is 88.3 Å². The summed E-state index contributed by atoms with van der Waals surface area (Å²) in [6, 6.07) is 12.8. The van der Waals surface area contributed by atoms with Gasteiger partial charge in [-0.15, -0.1) is 0 Å². The van der Waals surface area contributed by atoms with Crippen molar-refractivity contribution in [2.45, 2.75) is 56.2 Å². The van der Waals surface area contributed by atoms with E-state index in [1.807, 2.05) is 12.1 Å². The largest absolute Gasteiger partial charge is 0.351 e. The van der Waals surface area contributed by atoms with Crippen molar-refractivity contribution in [1.29, 1.82) is 10.5 Å². The van der Waals surface area contributed by atoms with Crippen molar-refractivity contribution >= 4 is 40.8 Å². The topological polar surface area (TPSA) is 130 Å². The quantitative estimate of drug-likeness (QED) is 0.369. The second-order valence-electron chi connectivity index (χ2n) is 10.6. The third-order valence-electron chi connectivity index (χ3n) is 7.56. The van der Waals surface area contributed by atoms with Crippen LogP contribution in [0.3, 0.4) is 0 Å². The highest BCUT2D eigenvalue weighted by atomic mass is 35.5. The van der Waals surface area contributed by atoms with Gasteiger partial charge in [0.25, 0.3) is 5.92 Å². The first-order valence-corrected chi connectivity index (χ1v) is 14.0. The Morgan fingerprint density at radius 3 is 2.52 bits per heavy atom. The molecule has 0 spiro atoms. The summed E-state index contributed by atoms with van der Waals surface area (Å²) in [5, 5.41) is 21.5. The molecule has 1 N–H and O–H groups in total. The molecule has 9 nitrogen and oxygen atoms in total. The van der Waals surface area contributed by atoms with Gasteiger partial charge in [-0.1, -0.05) is 29.8 Å². The van der Waals surface area contributed by atoms with Crippen LogP contribution in [-0.4, -0.2) is 40.7 Å². The number of pyridine rings is 1. The second-order valence-corrected chi connectivity index (χ2v) is 11.0. The van der Waals surface area contributed by atoms with Crippen LogP contribution in [0.2, 0.25) is 5.02 Å². The van der Waals surface area contributed by atoms with Gasteiger partial charge in [0.1, 0.15) is 17.7 Å². The normalized spacial score (nSPS) is 18.1. The molecule has 1 aromatic heterocycles. The molecule has 1 saturated heterocycles. The van der Waals surface area contributed by atoms with E-state index in [9.17, 15) is 38.1 Å². The molecule has 0 bridgehead atoms. The van der Waals surface area contributed by atoms with E-state index in [1.165, 1.54) is 41.4 Å². The molecule has 2 heterocycles. The van der Waals surface area contributed by atoms with E-state index in [2.05, 4.69) is 10.3 Å². The fraction of sp³-hybridized carbons (Fsp3) is 0.290. The van der Waals surface area contributed by atoms with Crippen LogP contribution in [0, 0.1) is 28.5 Å². The number of hydrogen-bond donors (Lipinski definition) is 1. The van der Waals surface area contributed by atoms with Gasteiger partial charge in [0, 0.05) is 60.2 Å². The van der Waals surface area contributed by atoms with E-state index in [4.69, 9.17) is 11.6 Å². The van der Waals surface area contributed by atoms with Gasteiger partial charge in [0.05, 0.1) is 23.3 Å². The van der Waals surface area contributed by atoms with Crippen molar-refractivity contribution in [3.8, 4) is 12.1 Å². The zero-order valence-electron chi connectivity index (χ0n) is 23.0. The molecule has 5 rings (SSSR count). The van der Waals surface area contributed by atoms with Crippen LogP contribution < -0.4 is 15.1 Å². The van der Waals surface area contributed by atoms with Crippen molar-refractivity contribution in [1.82, 2.24) is 10.3 Å². The van der Waals surface area contributed by atoms with Gasteiger partial charge in [-0.2, -0.15) is 10.5 Å². The minimum absolute atomic E-state index is 0.0801. The number of halogens is 4. The first-order chi connectivity index (χ1) is 21.0. The molecule has 2 atom stereocenters. The minimum Gasteiger partial charge on any atom is -0.351 e. The SMILES string of the molecule is N#Cc1cc(F)cc(N(C(=O)C[C@@H]2CCC(=O)N2c2cc(C#N)ccn2)[C@H](C(=O)NC2CC(F)(F)C2)c2ccccc2Cl)c1. The predicted molar refractivity (Wildman–Crippen MR) is 153 cm³/mol. The maximum Gasteiger partial charge on any atom is 0.252 e. The van der Waals surface area contributed by atoms with Gasteiger partial charge < -0.3 is 5.32 Å². The smallest absolute Gasteiger partial charge is 0.252 e. The van der Waals surface area contributed by atoms with E-state index in [0.717, 1.165) is 17.0 Å². The van der Waals surface area contributed by atoms with Crippen LogP contribution in [0.25, 0.3) is 0 Å². The molecule has 2 aromatic carbocycles. The third kappa shape index (κ3) is 6.36. The highest BCUT2D eigenvalue weighted by Gasteiger charge is 2.47. The van der Waals surface area contributed by atoms with Crippen molar-refractivity contribution in [2.75, 3.05) is 9.80 Å². The summed E-state index contributed by atoms with van der Waals surface area (Å²) < 4.78 is 42.0. The maximum absolute atomic E-state index is 14.8. The summed E-state index contributed by atoms with van der Waals surface area (Å²) in [4.78, 5) is 47.5. The predicted octanol–water partition coefficient (Wildman–Crippen LogP) is 5.19. The molecule has 0 unspecified atom stereocenters. The fourth-order valence-corrected chi connectivity index (χ4v) is 5.76. The highest BCUT2D eigenvalue weighted by Crippen LogP contribution is 2.39. The standard InChI is InChI=1S/C31H24ClF3N6O3/c32-25-4-2-1-3-24(25)29(30(44)39-21-14-31(34,35)15-21)41(23-10-19(17-37)9-20(33)12-23)28(43)13-22-5-6-27(42)40(22)26-11-18(16-36)7-8-38-26/h1-4,7-12,21-22,29H,5-6,13-15H2,(H,39,44)/t22-,29-/m0/s1. The monoisotopic (exact) mass is 620 g/mol. The summed E-state index contributed by atoms with van der Waals surface area (Å²) in [5.74, 6) is -5.53. The zero-order valence-corrected chi connectivity index (χ0v) is 23.8. The van der Waals surface area contributed by atoms with Crippen molar-refractivity contribution in [2.24, 2.45) is 0 Å². The van der Waals surface area contributed by atoms with E-state index in [1.54, 1.807) is 12.1 Å². The van der Waals surface area contributed by atoms with Crippen LogP contribution in [0.4, 0.5) is 24.7 Å². The molecule has 2 fully saturated rings. The average Bonchev–Trinajstić information content (AvgIpc) is 3.34. The Bertz CT molecular complexity index is 1710. The summed E-state index contributed by atoms with van der Waals surface area (Å²) >= 11 is 6.49. The Kier molecular flexibility index (Phi) is 8.56. The third-order valence-corrected chi connectivity index (χ3v) is 7.90. The molecular formula is C31H24ClF3N6O3. The fourth-order valence-electron chi connectivity index (χ4n) is 5.52. The molecule has 3 amide bonds. The average molecular weight is 621 g/mol. The number of amides is 3. The Morgan fingerprint density at radius 1 is 1.11 bits per heavy atom. The second kappa shape index (κ2) is 12.3. The number of nitrogens with one attached hydrogen (secondary N) is 1. The van der Waals surface area contributed by atoms with Gasteiger partial charge in [-0.3, -0.25) is 24.2 Å². The Balaban J connectivity index is 1.57. The summed E-state index contributed by atoms with van der Waals surface area (Å²) in [7, 11) is 0. The molecule has 2 aliphatic rings. The highest BCUT2D eigenvalue weighted by molar-refractivity contribution is 6.31. The molecule has 1 aliphatic carbocycles. The molecule has 13 heteroatoms. The number of nitrogens with zero attached hydrogens (tertiary/aromatic N) is 5. The van der Waals surface area contributed by atoms with Gasteiger partial charge >= 0.3 is 0 Å². The lowest BCUT2D eigenvalue weighted by atomic mass is 9.87. The van der Waals surface area contributed by atoms with Gasteiger partial charge in [0.15, 0.2) is 0 Å². The number of carbonyl (C=O) groups excluding carboxylic acids is 3. The molecule has 0 radical (unpaired) electrons. The minimum atomic E-state index is -2.94. The lowest BCUT2D eigenvalue weighted by molar-refractivity contribution is -0.133. The first kappa shape index (κ1) is 30.5. The molecule has 3 aromatic rings. The van der Waals surface area contributed by atoms with Crippen LogP contribution in [-0.2, 0) is 14.4 Å². The lowest BCUT2D eigenvalue weighted by Crippen LogP contribution is -2.54. The molecule has 224 valence electrons. The van der Waals surface area contributed by atoms with E-state index >= 15 is 0 Å². The van der Waals surface area contributed by atoms with Crippen LogP contribution in [0.1, 0.15) is 54.8 Å². The van der Waals surface area contributed by atoms with E-state index < -0.39 is 54.5 Å². The summed E-state index contributed by atoms with van der Waals surface area (Å²) in [6.07, 6.45) is 0.145. The Morgan fingerprint density at radius 2 is 1.84 bits per heavy atom. The van der Waals surface area contributed by atoms with Crippen LogP contribution in [0.15, 0.2) is 60.8 Å². The Hall–Kier alpha value is -4.94. The number of carbonyl (C=O) groups is 3. The summed E-state index contributed by atoms with van der Waals surface area (Å²) in [6.45, 7) is 0. The number of anilines is 2. The van der Waals surface area contributed by atoms with Crippen LogP contribution in [0.5, 0.6) is 0 Å². The number of alkyl halides is 2. The lowest BCUT2D eigenvalue weighted by Gasteiger charge is -2.38. The van der Waals surface area contributed by atoms with Gasteiger partial charge in [0.2, 0.25) is 17.7 Å². The Labute approximate surface area is 255 Å². The van der Waals surface area contributed by atoms with Crippen LogP contribution >= 0.6 is 11.6 Å². The number of hydrogen-bond acceptors (Lipinski definition) is 6. The van der Waals surface area contributed by atoms with Crippen molar-refractivity contribution < 1.29 is 27.6 Å². The molecule has 1 saturated carbocycles. The maximum atomic E-state index is 14.8. The first-order valence-electron chi connectivity index (χ1n) is 13.6. The number of aromatic nitrogens is 1. The van der Waals surface area contributed by atoms with E-state index in [0.29, 0.717) is 0 Å². The summed E-state index contributed by atoms with van der Waals surface area (Å²) in [5.41, 5.74) is 0.106. The zero-order chi connectivity index (χ0) is 31.6.